The molecule has 0 fully saturated rings. The van der Waals surface area contributed by atoms with Crippen LogP contribution in [0.3, 0.4) is 0 Å². The smallest absolute Gasteiger partial charge is 0.870 e. The quantitative estimate of drug-likeness (QED) is 0.462. The molecule has 64 valence electrons. The van der Waals surface area contributed by atoms with E-state index >= 15 is 0 Å². The molecule has 0 bridgehead atoms. The first kappa shape index (κ1) is 1500. The third-order valence-corrected chi connectivity index (χ3v) is 0. The van der Waals surface area contributed by atoms with E-state index in [4.69, 9.17) is 0 Å². The van der Waals surface area contributed by atoms with Crippen LogP contribution in [0, 0.1) is 0 Å². The zero-order valence-corrected chi connectivity index (χ0v) is 8.94. The summed E-state index contributed by atoms with van der Waals surface area (Å²) in [5, 5.41) is 0. The summed E-state index contributed by atoms with van der Waals surface area (Å²) in [6, 6.07) is 0. The first-order chi connectivity index (χ1) is 0. The van der Waals surface area contributed by atoms with E-state index in [0.717, 1.165) is 0 Å². The molecule has 0 heterocycles. The predicted octanol–water partition coefficient (Wildman–Crippen LogP) is -1.42. The summed E-state index contributed by atoms with van der Waals surface area (Å²) in [6.07, 6.45) is 0. The molecule has 10 heavy (non-hydrogen) atoms. The molecule has 0 aromatic heterocycles. The van der Waals surface area contributed by atoms with E-state index in [1.54, 1.807) is 0 Å². The minimum Gasteiger partial charge on any atom is -0.870 e. The zero-order chi connectivity index (χ0) is 0. The van der Waals surface area contributed by atoms with Gasteiger partial charge < -0.3 is 43.8 Å². The Kier molecular flexibility index (Phi) is 165000. The van der Waals surface area contributed by atoms with Gasteiger partial charge in [-0.25, -0.2) is 0 Å². The molecule has 8 nitrogen and oxygen atoms in total. The molecule has 0 amide bonds. The van der Waals surface area contributed by atoms with Gasteiger partial charge in [0.2, 0.25) is 0 Å². The number of rotatable bonds is 0. The van der Waals surface area contributed by atoms with Gasteiger partial charge in [0.15, 0.2) is 0 Å². The number of hydrogen-bond acceptors (Lipinski definition) is 8. The molecule has 0 aliphatic carbocycles. The summed E-state index contributed by atoms with van der Waals surface area (Å²) in [5.41, 5.74) is 0. The molecule has 0 saturated carbocycles. The van der Waals surface area contributed by atoms with Crippen molar-refractivity contribution in [2.45, 2.75) is 0 Å². The molecule has 0 spiro atoms. The van der Waals surface area contributed by atoms with Crippen LogP contribution in [0.15, 0.2) is 0 Å². The molecule has 0 rings (SSSR count). The van der Waals surface area contributed by atoms with Crippen molar-refractivity contribution in [3.63, 3.8) is 0 Å². The van der Waals surface area contributed by atoms with E-state index in [9.17, 15) is 0 Å². The fourth-order valence-corrected chi connectivity index (χ4v) is 0. The van der Waals surface area contributed by atoms with Crippen LogP contribution in [0.25, 0.3) is 0 Å². The average Bonchev–Trinajstić information content (AvgIpc) is 0. The molecule has 0 radical (unpaired) electrons. The molecule has 0 aromatic carbocycles. The fraction of sp³-hybridized carbons (Fsp3) is 0. The van der Waals surface area contributed by atoms with Crippen LogP contribution < -0.4 is 0 Å². The van der Waals surface area contributed by atoms with E-state index in [1.807, 2.05) is 0 Å². The summed E-state index contributed by atoms with van der Waals surface area (Å²) < 4.78 is 0. The molecular formula is H8CrO8Zn. The summed E-state index contributed by atoms with van der Waals surface area (Å²) in [5.74, 6) is 0. The second-order valence-electron chi connectivity index (χ2n) is 0. The van der Waals surface area contributed by atoms with E-state index in [-0.39, 0.29) is 80.6 Å². The first-order valence-corrected chi connectivity index (χ1v) is 0. The number of hydrogen-bond donors (Lipinski definition) is 0. The topological polar surface area (TPSA) is 240 Å². The van der Waals surface area contributed by atoms with Crippen molar-refractivity contribution in [1.29, 1.82) is 0 Å². The second kappa shape index (κ2) is 1100. The normalized spacial score (nSPS) is 0. The summed E-state index contributed by atoms with van der Waals surface area (Å²) >= 11 is 0. The van der Waals surface area contributed by atoms with Crippen molar-refractivity contribution in [1.82, 2.24) is 0 Å². The Hall–Kier alpha value is 0.836. The third-order valence-electron chi connectivity index (χ3n) is 0. The van der Waals surface area contributed by atoms with Crippen molar-refractivity contribution < 1.29 is 80.6 Å². The van der Waals surface area contributed by atoms with Crippen molar-refractivity contribution in [2.24, 2.45) is 0 Å². The Morgan fingerprint density at radius 2 is 0.300 bits per heavy atom. The summed E-state index contributed by atoms with van der Waals surface area (Å²) in [7, 11) is 0. The van der Waals surface area contributed by atoms with Gasteiger partial charge in [-0.2, -0.15) is 0 Å². The summed E-state index contributed by atoms with van der Waals surface area (Å²) in [6.45, 7) is 0. The molecule has 0 atom stereocenters. The molecule has 0 aromatic rings. The van der Waals surface area contributed by atoms with Gasteiger partial charge in [0.1, 0.15) is 0 Å². The zero-order valence-electron chi connectivity index (χ0n) is 4.69. The average molecular weight is 253 g/mol. The Morgan fingerprint density at radius 1 is 0.300 bits per heavy atom. The molecule has 0 saturated heterocycles. The van der Waals surface area contributed by atoms with Crippen molar-refractivity contribution in [2.75, 3.05) is 0 Å². The molecule has 0 aliphatic rings. The standard InChI is InChI=1S/Cr.8H2O.Zn/h;8*1H2;/q+6;;;;;;;;;+2/p-8. The molecule has 0 unspecified atom stereocenters. The Morgan fingerprint density at radius 3 is 0.300 bits per heavy atom. The van der Waals surface area contributed by atoms with Gasteiger partial charge >= 0.3 is 36.8 Å². The van der Waals surface area contributed by atoms with E-state index in [1.165, 1.54) is 0 Å². The van der Waals surface area contributed by atoms with Crippen molar-refractivity contribution in [3.8, 4) is 0 Å². The molecule has 0 aliphatic heterocycles. The van der Waals surface area contributed by atoms with Crippen LogP contribution in [0.1, 0.15) is 0 Å². The molecule has 8 N–H and O–H groups in total. The van der Waals surface area contributed by atoms with E-state index < -0.39 is 0 Å². The largest absolute Gasteiger partial charge is 6.00 e. The van der Waals surface area contributed by atoms with E-state index in [2.05, 4.69) is 0 Å². The Balaban J connectivity index is 0. The summed E-state index contributed by atoms with van der Waals surface area (Å²) in [4.78, 5) is 0. The maximum absolute atomic E-state index is 0. The SMILES string of the molecule is [Cr+6].[OH-].[OH-].[OH-].[OH-].[OH-].[OH-].[OH-].[OH-].[Zn+2]. The van der Waals surface area contributed by atoms with Crippen LogP contribution in [0.2, 0.25) is 0 Å². The maximum atomic E-state index is 0. The third kappa shape index (κ3) is 777. The minimum absolute atomic E-state index is 0. The molecule has 10 heteroatoms. The van der Waals surface area contributed by atoms with Crippen LogP contribution >= 0.6 is 0 Å². The van der Waals surface area contributed by atoms with Gasteiger partial charge in [0.25, 0.3) is 0 Å². The minimum atomic E-state index is 0. The van der Waals surface area contributed by atoms with Crippen molar-refractivity contribution in [3.05, 3.63) is 0 Å². The van der Waals surface area contributed by atoms with Gasteiger partial charge in [-0.3, -0.25) is 0 Å². The Labute approximate surface area is 81.0 Å². The van der Waals surface area contributed by atoms with Crippen LogP contribution in [0.4, 0.5) is 0 Å². The predicted molar refractivity (Wildman–Crippen MR) is 15.5 cm³/mol. The molecular weight excluding hydrogens is 245 g/mol. The fourth-order valence-electron chi connectivity index (χ4n) is 0. The van der Waals surface area contributed by atoms with Crippen LogP contribution in [-0.2, 0) is 36.8 Å². The van der Waals surface area contributed by atoms with Crippen LogP contribution in [0.5, 0.6) is 0 Å². The van der Waals surface area contributed by atoms with E-state index in [0.29, 0.717) is 0 Å². The van der Waals surface area contributed by atoms with Crippen molar-refractivity contribution >= 4 is 0 Å². The Bertz CT molecular complexity index is 9.22. The van der Waals surface area contributed by atoms with Crippen LogP contribution in [-0.4, -0.2) is 43.8 Å². The van der Waals surface area contributed by atoms with Gasteiger partial charge in [-0.05, 0) is 0 Å². The second-order valence-corrected chi connectivity index (χ2v) is 0. The van der Waals surface area contributed by atoms with Gasteiger partial charge in [0, 0.05) is 0 Å². The van der Waals surface area contributed by atoms with Gasteiger partial charge in [0.05, 0.1) is 0 Å². The van der Waals surface area contributed by atoms with Gasteiger partial charge in [-0.15, -0.1) is 0 Å². The van der Waals surface area contributed by atoms with Gasteiger partial charge in [-0.1, -0.05) is 0 Å². The first-order valence-electron chi connectivity index (χ1n) is 0. The monoisotopic (exact) mass is 252 g/mol. The maximum Gasteiger partial charge on any atom is 6.00 e.